The molecule has 1 aromatic carbocycles. The van der Waals surface area contributed by atoms with Crippen LogP contribution in [0.3, 0.4) is 0 Å². The molecule has 2 saturated carbocycles. The van der Waals surface area contributed by atoms with Crippen LogP contribution in [0.5, 0.6) is 0 Å². The van der Waals surface area contributed by atoms with Crippen LogP contribution in [0.15, 0.2) is 35.9 Å². The molecule has 33 heavy (non-hydrogen) atoms. The smallest absolute Gasteiger partial charge is 0.183 e. The van der Waals surface area contributed by atoms with E-state index in [4.69, 9.17) is 4.98 Å². The molecule has 0 bridgehead atoms. The van der Waals surface area contributed by atoms with Crippen LogP contribution >= 0.6 is 11.3 Å². The Morgan fingerprint density at radius 2 is 1.97 bits per heavy atom. The van der Waals surface area contributed by atoms with Gasteiger partial charge in [0.1, 0.15) is 0 Å². The minimum Gasteiger partial charge on any atom is -0.393 e. The van der Waals surface area contributed by atoms with Crippen molar-refractivity contribution >= 4 is 16.5 Å². The fraction of sp³-hybridized carbons (Fsp3) is 0.571. The maximum Gasteiger partial charge on any atom is 0.183 e. The summed E-state index contributed by atoms with van der Waals surface area (Å²) in [5.74, 6) is 2.16. The maximum absolute atomic E-state index is 10.2. The summed E-state index contributed by atoms with van der Waals surface area (Å²) >= 11 is 1.83. The van der Waals surface area contributed by atoms with E-state index < -0.39 is 0 Å². The Morgan fingerprint density at radius 3 is 2.82 bits per heavy atom. The summed E-state index contributed by atoms with van der Waals surface area (Å²) in [7, 11) is 0. The second-order valence-corrected chi connectivity index (χ2v) is 12.3. The number of hydrogen-bond donors (Lipinski definition) is 2. The lowest BCUT2D eigenvalue weighted by Gasteiger charge is -2.57. The first-order valence-electron chi connectivity index (χ1n) is 12.5. The van der Waals surface area contributed by atoms with E-state index in [1.165, 1.54) is 29.8 Å². The molecular formula is C28H33N3OS. The summed E-state index contributed by atoms with van der Waals surface area (Å²) in [4.78, 5) is 6.61. The summed E-state index contributed by atoms with van der Waals surface area (Å²) in [5, 5.41) is 24.1. The number of nitrogens with zero attached hydrogens (tertiary/aromatic N) is 2. The van der Waals surface area contributed by atoms with Crippen molar-refractivity contribution in [2.24, 2.45) is 23.2 Å². The number of hydrogen-bond acceptors (Lipinski definition) is 5. The van der Waals surface area contributed by atoms with E-state index in [2.05, 4.69) is 31.3 Å². The van der Waals surface area contributed by atoms with Gasteiger partial charge in [-0.25, -0.2) is 4.98 Å². The predicted molar refractivity (Wildman–Crippen MR) is 132 cm³/mol. The molecule has 0 amide bonds. The quantitative estimate of drug-likeness (QED) is 0.555. The SMILES string of the molecule is CC12CCC(O)CC1=CCC1C2CCC2(C)c3nc(NCc4ccccc4C#N)sc3CC12. The normalized spacial score (nSPS) is 36.6. The Labute approximate surface area is 200 Å². The topological polar surface area (TPSA) is 68.9 Å². The van der Waals surface area contributed by atoms with Crippen LogP contribution in [0, 0.1) is 34.5 Å². The third-order valence-electron chi connectivity index (χ3n) is 9.68. The predicted octanol–water partition coefficient (Wildman–Crippen LogP) is 5.96. The van der Waals surface area contributed by atoms with Crippen molar-refractivity contribution in [2.75, 3.05) is 5.32 Å². The van der Waals surface area contributed by atoms with Crippen molar-refractivity contribution in [3.8, 4) is 6.07 Å². The standard InChI is InChI=1S/C28H33N3OS/c1-27-11-9-20(32)13-19(27)7-8-21-22(27)10-12-28(2)23(21)14-24-25(28)31-26(33-24)30-16-18-6-4-3-5-17(18)15-29/h3-7,20-23,32H,8-14,16H2,1-2H3,(H,30,31). The van der Waals surface area contributed by atoms with Crippen molar-refractivity contribution in [3.63, 3.8) is 0 Å². The fourth-order valence-corrected chi connectivity index (χ4v) is 8.95. The Kier molecular flexibility index (Phi) is 4.98. The van der Waals surface area contributed by atoms with Crippen molar-refractivity contribution in [3.05, 3.63) is 57.6 Å². The molecule has 2 fully saturated rings. The van der Waals surface area contributed by atoms with Crippen LogP contribution in [-0.4, -0.2) is 16.2 Å². The molecule has 6 atom stereocenters. The molecule has 1 aromatic heterocycles. The highest BCUT2D eigenvalue weighted by molar-refractivity contribution is 7.15. The van der Waals surface area contributed by atoms with Crippen LogP contribution in [0.25, 0.3) is 0 Å². The fourth-order valence-electron chi connectivity index (χ4n) is 7.80. The van der Waals surface area contributed by atoms with Crippen LogP contribution in [0.1, 0.15) is 74.1 Å². The van der Waals surface area contributed by atoms with Crippen molar-refractivity contribution in [1.29, 1.82) is 5.26 Å². The van der Waals surface area contributed by atoms with Crippen LogP contribution in [0.4, 0.5) is 5.13 Å². The van der Waals surface area contributed by atoms with Gasteiger partial charge in [0.2, 0.25) is 0 Å². The van der Waals surface area contributed by atoms with Gasteiger partial charge in [0.05, 0.1) is 23.4 Å². The first-order valence-corrected chi connectivity index (χ1v) is 13.3. The van der Waals surface area contributed by atoms with E-state index in [-0.39, 0.29) is 16.9 Å². The summed E-state index contributed by atoms with van der Waals surface area (Å²) < 4.78 is 0. The van der Waals surface area contributed by atoms with Crippen molar-refractivity contribution < 1.29 is 5.11 Å². The molecule has 4 nitrogen and oxygen atoms in total. The first kappa shape index (κ1) is 21.4. The van der Waals surface area contributed by atoms with Gasteiger partial charge in [-0.05, 0) is 79.7 Å². The van der Waals surface area contributed by atoms with Gasteiger partial charge in [0, 0.05) is 16.8 Å². The van der Waals surface area contributed by atoms with Crippen molar-refractivity contribution in [2.45, 2.75) is 76.9 Å². The lowest BCUT2D eigenvalue weighted by atomic mass is 9.48. The van der Waals surface area contributed by atoms with E-state index in [1.54, 1.807) is 5.57 Å². The molecule has 5 heteroatoms. The first-order chi connectivity index (χ1) is 15.9. The molecule has 4 aliphatic carbocycles. The van der Waals surface area contributed by atoms with Crippen LogP contribution in [-0.2, 0) is 18.4 Å². The number of thiazole rings is 1. The molecule has 0 spiro atoms. The monoisotopic (exact) mass is 459 g/mol. The van der Waals surface area contributed by atoms with Gasteiger partial charge in [-0.1, -0.05) is 43.7 Å². The molecule has 0 aliphatic heterocycles. The highest BCUT2D eigenvalue weighted by Gasteiger charge is 2.58. The van der Waals surface area contributed by atoms with Gasteiger partial charge in [0.15, 0.2) is 5.13 Å². The number of aliphatic hydroxyl groups is 1. The molecular weight excluding hydrogens is 426 g/mol. The Balaban J connectivity index is 1.23. The van der Waals surface area contributed by atoms with E-state index >= 15 is 0 Å². The molecule has 0 radical (unpaired) electrons. The van der Waals surface area contributed by atoms with Gasteiger partial charge in [-0.2, -0.15) is 5.26 Å². The number of allylic oxidation sites excluding steroid dienone is 1. The lowest BCUT2D eigenvalue weighted by molar-refractivity contribution is -0.0169. The van der Waals surface area contributed by atoms with Crippen LogP contribution < -0.4 is 5.32 Å². The number of aromatic nitrogens is 1. The summed E-state index contributed by atoms with van der Waals surface area (Å²) in [6.07, 6.45) is 10.2. The second-order valence-electron chi connectivity index (χ2n) is 11.2. The zero-order valence-electron chi connectivity index (χ0n) is 19.6. The number of benzene rings is 1. The summed E-state index contributed by atoms with van der Waals surface area (Å²) in [5.41, 5.74) is 5.09. The lowest BCUT2D eigenvalue weighted by Crippen LogP contribution is -2.51. The van der Waals surface area contributed by atoms with Gasteiger partial charge >= 0.3 is 0 Å². The Bertz CT molecular complexity index is 1160. The Morgan fingerprint density at radius 1 is 1.15 bits per heavy atom. The van der Waals surface area contributed by atoms with Gasteiger partial charge in [-0.15, -0.1) is 11.3 Å². The van der Waals surface area contributed by atoms with Crippen LogP contribution in [0.2, 0.25) is 0 Å². The molecule has 0 saturated heterocycles. The molecule has 2 aromatic rings. The van der Waals surface area contributed by atoms with E-state index in [0.29, 0.717) is 12.5 Å². The molecule has 4 aliphatic rings. The summed E-state index contributed by atoms with van der Waals surface area (Å²) in [6, 6.07) is 10.1. The molecule has 6 unspecified atom stereocenters. The highest BCUT2D eigenvalue weighted by Crippen LogP contribution is 2.64. The minimum absolute atomic E-state index is 0.136. The van der Waals surface area contributed by atoms with Crippen molar-refractivity contribution in [1.82, 2.24) is 4.98 Å². The van der Waals surface area contributed by atoms with E-state index in [0.717, 1.165) is 53.8 Å². The maximum atomic E-state index is 10.2. The van der Waals surface area contributed by atoms with E-state index in [9.17, 15) is 10.4 Å². The summed E-state index contributed by atoms with van der Waals surface area (Å²) in [6.45, 7) is 5.60. The van der Waals surface area contributed by atoms with Gasteiger partial charge in [-0.3, -0.25) is 0 Å². The van der Waals surface area contributed by atoms with Gasteiger partial charge in [0.25, 0.3) is 0 Å². The molecule has 1 heterocycles. The zero-order valence-corrected chi connectivity index (χ0v) is 20.4. The number of fused-ring (bicyclic) bond motifs is 7. The Hall–Kier alpha value is -2.16. The molecule has 6 rings (SSSR count). The number of nitrogens with one attached hydrogen (secondary N) is 1. The average Bonchev–Trinajstić information content (AvgIpc) is 3.35. The average molecular weight is 460 g/mol. The largest absolute Gasteiger partial charge is 0.393 e. The zero-order chi connectivity index (χ0) is 22.8. The number of aliphatic hydroxyl groups excluding tert-OH is 1. The third-order valence-corrected chi connectivity index (χ3v) is 10.7. The number of rotatable bonds is 3. The third kappa shape index (κ3) is 3.21. The second kappa shape index (κ2) is 7.68. The van der Waals surface area contributed by atoms with E-state index in [1.807, 2.05) is 35.6 Å². The molecule has 172 valence electrons. The number of anilines is 1. The molecule has 2 N–H and O–H groups in total. The minimum atomic E-state index is -0.136. The number of nitriles is 1. The highest BCUT2D eigenvalue weighted by atomic mass is 32.1. The van der Waals surface area contributed by atoms with Gasteiger partial charge < -0.3 is 10.4 Å².